The third-order valence-electron chi connectivity index (χ3n) is 2.70. The van der Waals surface area contributed by atoms with Crippen molar-refractivity contribution in [2.45, 2.75) is 6.92 Å². The van der Waals surface area contributed by atoms with Crippen LogP contribution >= 0.6 is 37.2 Å². The van der Waals surface area contributed by atoms with E-state index in [9.17, 15) is 0 Å². The predicted molar refractivity (Wildman–Crippen MR) is 103 cm³/mol. The van der Waals surface area contributed by atoms with Crippen molar-refractivity contribution >= 4 is 37.2 Å². The summed E-state index contributed by atoms with van der Waals surface area (Å²) in [7, 11) is 0. The predicted octanol–water partition coefficient (Wildman–Crippen LogP) is 2.39. The summed E-state index contributed by atoms with van der Waals surface area (Å²) >= 11 is 0. The van der Waals surface area contributed by atoms with Crippen LogP contribution in [0.25, 0.3) is 11.4 Å². The number of rotatable bonds is 7. The van der Waals surface area contributed by atoms with E-state index in [1.165, 1.54) is 0 Å². The number of halogens is 3. The zero-order valence-electron chi connectivity index (χ0n) is 13.3. The molecule has 0 saturated carbocycles. The van der Waals surface area contributed by atoms with Crippen molar-refractivity contribution in [1.82, 2.24) is 9.97 Å². The summed E-state index contributed by atoms with van der Waals surface area (Å²) < 4.78 is 10.9. The summed E-state index contributed by atoms with van der Waals surface area (Å²) in [5, 5.41) is 0. The molecular formula is C15H23Cl3N4O2. The number of benzene rings is 1. The van der Waals surface area contributed by atoms with Crippen LogP contribution in [0.3, 0.4) is 0 Å². The van der Waals surface area contributed by atoms with E-state index in [0.717, 1.165) is 17.0 Å². The summed E-state index contributed by atoms with van der Waals surface area (Å²) in [6, 6.07) is 9.35. The van der Waals surface area contributed by atoms with Gasteiger partial charge in [-0.05, 0) is 31.2 Å². The van der Waals surface area contributed by atoms with E-state index in [2.05, 4.69) is 9.97 Å². The minimum atomic E-state index is 0. The Balaban J connectivity index is 0. The Labute approximate surface area is 160 Å². The molecule has 0 aliphatic rings. The Hall–Kier alpha value is -1.31. The van der Waals surface area contributed by atoms with Crippen LogP contribution in [0.15, 0.2) is 30.3 Å². The van der Waals surface area contributed by atoms with Gasteiger partial charge in [-0.15, -0.1) is 37.2 Å². The Morgan fingerprint density at radius 3 is 2.04 bits per heavy atom. The molecule has 0 bridgehead atoms. The van der Waals surface area contributed by atoms with Gasteiger partial charge in [0.25, 0.3) is 0 Å². The van der Waals surface area contributed by atoms with Gasteiger partial charge in [-0.1, -0.05) is 0 Å². The Kier molecular flexibility index (Phi) is 13.5. The Morgan fingerprint density at radius 2 is 1.46 bits per heavy atom. The first-order chi connectivity index (χ1) is 10.2. The molecule has 0 aliphatic heterocycles. The van der Waals surface area contributed by atoms with E-state index in [1.54, 1.807) is 6.07 Å². The van der Waals surface area contributed by atoms with Gasteiger partial charge >= 0.3 is 0 Å². The average molecular weight is 398 g/mol. The second kappa shape index (κ2) is 13.0. The van der Waals surface area contributed by atoms with E-state index >= 15 is 0 Å². The largest absolute Gasteiger partial charge is 0.492 e. The van der Waals surface area contributed by atoms with Crippen LogP contribution in [0.2, 0.25) is 0 Å². The van der Waals surface area contributed by atoms with E-state index in [4.69, 9.17) is 20.9 Å². The van der Waals surface area contributed by atoms with Gasteiger partial charge in [0, 0.05) is 30.4 Å². The highest BCUT2D eigenvalue weighted by atomic mass is 35.5. The zero-order valence-corrected chi connectivity index (χ0v) is 15.8. The molecule has 0 amide bonds. The van der Waals surface area contributed by atoms with Crippen LogP contribution in [0.4, 0.5) is 0 Å². The quantitative estimate of drug-likeness (QED) is 0.744. The lowest BCUT2D eigenvalue weighted by Crippen LogP contribution is -2.11. The van der Waals surface area contributed by atoms with Gasteiger partial charge in [0.1, 0.15) is 19.0 Å². The summed E-state index contributed by atoms with van der Waals surface area (Å²) in [4.78, 5) is 8.80. The van der Waals surface area contributed by atoms with Crippen molar-refractivity contribution in [3.05, 3.63) is 36.0 Å². The monoisotopic (exact) mass is 396 g/mol. The molecule has 1 aromatic heterocycles. The number of nitrogens with two attached hydrogens (primary N) is 2. The fourth-order valence-corrected chi connectivity index (χ4v) is 1.78. The number of ether oxygens (including phenoxy) is 2. The second-order valence-corrected chi connectivity index (χ2v) is 4.47. The van der Waals surface area contributed by atoms with Crippen molar-refractivity contribution in [2.75, 3.05) is 26.3 Å². The number of nitrogens with zero attached hydrogens (tertiary/aromatic N) is 2. The van der Waals surface area contributed by atoms with Crippen molar-refractivity contribution in [3.63, 3.8) is 0 Å². The molecule has 24 heavy (non-hydrogen) atoms. The molecule has 0 fully saturated rings. The van der Waals surface area contributed by atoms with E-state index in [-0.39, 0.29) is 37.2 Å². The maximum Gasteiger partial charge on any atom is 0.217 e. The van der Waals surface area contributed by atoms with Gasteiger partial charge in [0.2, 0.25) is 5.88 Å². The molecule has 0 atom stereocenters. The minimum Gasteiger partial charge on any atom is -0.492 e. The van der Waals surface area contributed by atoms with Gasteiger partial charge in [0.05, 0.1) is 0 Å². The highest BCUT2D eigenvalue weighted by Gasteiger charge is 2.06. The molecule has 2 aromatic rings. The first-order valence-electron chi connectivity index (χ1n) is 6.85. The lowest BCUT2D eigenvalue weighted by atomic mass is 10.2. The highest BCUT2D eigenvalue weighted by Crippen LogP contribution is 2.21. The van der Waals surface area contributed by atoms with Gasteiger partial charge in [0.15, 0.2) is 5.82 Å². The first kappa shape index (κ1) is 24.9. The van der Waals surface area contributed by atoms with Crippen LogP contribution < -0.4 is 20.9 Å². The summed E-state index contributed by atoms with van der Waals surface area (Å²) in [6.07, 6.45) is 0. The van der Waals surface area contributed by atoms with E-state index < -0.39 is 0 Å². The number of aryl methyl sites for hydroxylation is 1. The SMILES string of the molecule is Cc1cc(OCCN)nc(-c2ccc(OCCN)cc2)n1.Cl.Cl.Cl. The number of hydrogen-bond acceptors (Lipinski definition) is 6. The zero-order chi connectivity index (χ0) is 15.1. The molecule has 136 valence electrons. The summed E-state index contributed by atoms with van der Waals surface area (Å²) in [5.41, 5.74) is 12.6. The Bertz CT molecular complexity index is 585. The van der Waals surface area contributed by atoms with Crippen LogP contribution in [0, 0.1) is 6.92 Å². The van der Waals surface area contributed by atoms with E-state index in [1.807, 2.05) is 31.2 Å². The lowest BCUT2D eigenvalue weighted by molar-refractivity contribution is 0.315. The molecular weight excluding hydrogens is 375 g/mol. The number of hydrogen-bond donors (Lipinski definition) is 2. The van der Waals surface area contributed by atoms with Crippen molar-refractivity contribution in [2.24, 2.45) is 11.5 Å². The van der Waals surface area contributed by atoms with Crippen LogP contribution in [0.1, 0.15) is 5.69 Å². The molecule has 0 saturated heterocycles. The van der Waals surface area contributed by atoms with E-state index in [0.29, 0.717) is 38.0 Å². The third-order valence-corrected chi connectivity index (χ3v) is 2.70. The van der Waals surface area contributed by atoms with Crippen molar-refractivity contribution < 1.29 is 9.47 Å². The van der Waals surface area contributed by atoms with Gasteiger partial charge in [-0.25, -0.2) is 4.98 Å². The number of aromatic nitrogens is 2. The highest BCUT2D eigenvalue weighted by molar-refractivity contribution is 5.86. The third kappa shape index (κ3) is 7.51. The smallest absolute Gasteiger partial charge is 0.217 e. The molecule has 2 rings (SSSR count). The average Bonchev–Trinajstić information content (AvgIpc) is 2.51. The van der Waals surface area contributed by atoms with Crippen molar-refractivity contribution in [3.8, 4) is 23.0 Å². The molecule has 0 radical (unpaired) electrons. The summed E-state index contributed by atoms with van der Waals surface area (Å²) in [5.74, 6) is 1.93. The molecule has 4 N–H and O–H groups in total. The first-order valence-corrected chi connectivity index (χ1v) is 6.85. The fraction of sp³-hybridized carbons (Fsp3) is 0.333. The molecule has 6 nitrogen and oxygen atoms in total. The normalized spacial score (nSPS) is 9.12. The van der Waals surface area contributed by atoms with Crippen LogP contribution in [0.5, 0.6) is 11.6 Å². The minimum absolute atomic E-state index is 0. The molecule has 0 unspecified atom stereocenters. The van der Waals surface area contributed by atoms with Gasteiger partial charge < -0.3 is 20.9 Å². The lowest BCUT2D eigenvalue weighted by Gasteiger charge is -2.08. The van der Waals surface area contributed by atoms with Gasteiger partial charge in [-0.2, -0.15) is 4.98 Å². The van der Waals surface area contributed by atoms with Gasteiger partial charge in [-0.3, -0.25) is 0 Å². The molecule has 1 heterocycles. The van der Waals surface area contributed by atoms with Crippen LogP contribution in [-0.4, -0.2) is 36.3 Å². The molecule has 1 aromatic carbocycles. The Morgan fingerprint density at radius 1 is 0.875 bits per heavy atom. The maximum absolute atomic E-state index is 5.46. The molecule has 0 spiro atoms. The standard InChI is InChI=1S/C15H20N4O2.3ClH/c1-11-10-14(21-9-7-17)19-15(18-11)12-2-4-13(5-3-12)20-8-6-16;;;/h2-5,10H,6-9,16-17H2,1H3;3*1H. The second-order valence-electron chi connectivity index (χ2n) is 4.47. The fourth-order valence-electron chi connectivity index (χ4n) is 1.78. The molecule has 9 heteroatoms. The van der Waals surface area contributed by atoms with Crippen molar-refractivity contribution in [1.29, 1.82) is 0 Å². The summed E-state index contributed by atoms with van der Waals surface area (Å²) in [6.45, 7) is 3.77. The topological polar surface area (TPSA) is 96.3 Å². The van der Waals surface area contributed by atoms with Crippen LogP contribution in [-0.2, 0) is 0 Å². The molecule has 0 aliphatic carbocycles. The maximum atomic E-state index is 5.46.